The first-order chi connectivity index (χ1) is 12.6. The van der Waals surface area contributed by atoms with Crippen LogP contribution in [0.5, 0.6) is 0 Å². The molecule has 0 aromatic heterocycles. The van der Waals surface area contributed by atoms with Gasteiger partial charge in [0.05, 0.1) is 0 Å². The summed E-state index contributed by atoms with van der Waals surface area (Å²) in [6, 6.07) is 11.8. The molecule has 0 N–H and O–H groups in total. The lowest BCUT2D eigenvalue weighted by molar-refractivity contribution is 0.583. The predicted octanol–water partition coefficient (Wildman–Crippen LogP) is 7.53. The summed E-state index contributed by atoms with van der Waals surface area (Å²) in [4.78, 5) is 0. The maximum atomic E-state index is 2.44. The molecule has 0 bridgehead atoms. The van der Waals surface area contributed by atoms with Gasteiger partial charge in [0.1, 0.15) is 0 Å². The number of allylic oxidation sites excluding steroid dienone is 4. The quantitative estimate of drug-likeness (QED) is 0.424. The molecular weight excluding hydrogens is 324 g/mol. The molecule has 1 aliphatic carbocycles. The molecule has 0 unspecified atom stereocenters. The Bertz CT molecular complexity index is 893. The molecule has 0 atom stereocenters. The lowest BCUT2D eigenvalue weighted by atomic mass is 9.80. The first kappa shape index (κ1) is 19.7. The lowest BCUT2D eigenvalue weighted by Gasteiger charge is -2.25. The van der Waals surface area contributed by atoms with Gasteiger partial charge in [-0.05, 0) is 69.5 Å². The molecule has 0 amide bonds. The van der Waals surface area contributed by atoms with Crippen LogP contribution in [0, 0.1) is 0 Å². The Morgan fingerprint density at radius 2 is 1.56 bits per heavy atom. The van der Waals surface area contributed by atoms with Gasteiger partial charge in [0.15, 0.2) is 0 Å². The average Bonchev–Trinajstić information content (AvgIpc) is 2.95. The van der Waals surface area contributed by atoms with Gasteiger partial charge in [-0.15, -0.1) is 0 Å². The average molecular weight is 359 g/mol. The van der Waals surface area contributed by atoms with Gasteiger partial charge in [-0.1, -0.05) is 96.2 Å². The number of hydrogen-bond acceptors (Lipinski definition) is 0. The van der Waals surface area contributed by atoms with E-state index in [1.165, 1.54) is 38.9 Å². The molecule has 1 aliphatic rings. The Morgan fingerprint density at radius 3 is 2.19 bits per heavy atom. The molecule has 27 heavy (non-hydrogen) atoms. The molecule has 3 rings (SSSR count). The molecule has 2 aromatic rings. The minimum absolute atomic E-state index is 0.157. The molecule has 0 nitrogen and oxygen atoms in total. The fourth-order valence-electron chi connectivity index (χ4n) is 4.12. The van der Waals surface area contributed by atoms with E-state index in [2.05, 4.69) is 103 Å². The van der Waals surface area contributed by atoms with Crippen LogP contribution < -0.4 is 0 Å². The van der Waals surface area contributed by atoms with E-state index in [9.17, 15) is 0 Å². The van der Waals surface area contributed by atoms with E-state index in [0.29, 0.717) is 0 Å². The Kier molecular flexibility index (Phi) is 5.21. The van der Waals surface area contributed by atoms with Crippen LogP contribution in [0.3, 0.4) is 0 Å². The SMILES string of the molecule is CC=CC=CCc1c(C(C)(C)C)ccc2c1Cc1cc(C(C)(C)C)ccc1-2. The second-order valence-corrected chi connectivity index (χ2v) is 9.82. The van der Waals surface area contributed by atoms with E-state index in [1.807, 2.05) is 0 Å². The monoisotopic (exact) mass is 358 g/mol. The molecule has 0 saturated carbocycles. The smallest absolute Gasteiger partial charge is 0.00104 e. The fraction of sp³-hybridized carbons (Fsp3) is 0.407. The van der Waals surface area contributed by atoms with Crippen molar-refractivity contribution in [3.05, 3.63) is 82.5 Å². The normalized spacial score (nSPS) is 14.2. The number of rotatable bonds is 3. The van der Waals surface area contributed by atoms with Crippen molar-refractivity contribution in [1.29, 1.82) is 0 Å². The van der Waals surface area contributed by atoms with E-state index >= 15 is 0 Å². The summed E-state index contributed by atoms with van der Waals surface area (Å²) >= 11 is 0. The van der Waals surface area contributed by atoms with Gasteiger partial charge in [0.25, 0.3) is 0 Å². The summed E-state index contributed by atoms with van der Waals surface area (Å²) in [6.07, 6.45) is 10.7. The molecule has 0 spiro atoms. The molecule has 0 radical (unpaired) electrons. The lowest BCUT2D eigenvalue weighted by Crippen LogP contribution is -2.15. The maximum absolute atomic E-state index is 2.44. The largest absolute Gasteiger partial charge is 0.0877 e. The van der Waals surface area contributed by atoms with Crippen molar-refractivity contribution in [2.45, 2.75) is 72.1 Å². The summed E-state index contributed by atoms with van der Waals surface area (Å²) in [5.74, 6) is 0. The van der Waals surface area contributed by atoms with Gasteiger partial charge in [-0.25, -0.2) is 0 Å². The summed E-state index contributed by atoms with van der Waals surface area (Å²) < 4.78 is 0. The third-order valence-electron chi connectivity index (χ3n) is 5.63. The zero-order valence-corrected chi connectivity index (χ0v) is 18.1. The van der Waals surface area contributed by atoms with Crippen molar-refractivity contribution >= 4 is 0 Å². The Morgan fingerprint density at radius 1 is 0.852 bits per heavy atom. The van der Waals surface area contributed by atoms with Crippen LogP contribution in [0.1, 0.15) is 76.3 Å². The number of benzene rings is 2. The van der Waals surface area contributed by atoms with Crippen LogP contribution in [-0.4, -0.2) is 0 Å². The van der Waals surface area contributed by atoms with E-state index < -0.39 is 0 Å². The Hall–Kier alpha value is -2.08. The van der Waals surface area contributed by atoms with Crippen LogP contribution in [0.4, 0.5) is 0 Å². The van der Waals surface area contributed by atoms with Gasteiger partial charge >= 0.3 is 0 Å². The van der Waals surface area contributed by atoms with E-state index in [4.69, 9.17) is 0 Å². The highest BCUT2D eigenvalue weighted by atomic mass is 14.3. The van der Waals surface area contributed by atoms with Crippen LogP contribution in [0.15, 0.2) is 54.6 Å². The van der Waals surface area contributed by atoms with Crippen LogP contribution in [0.25, 0.3) is 11.1 Å². The van der Waals surface area contributed by atoms with E-state index in [-0.39, 0.29) is 10.8 Å². The van der Waals surface area contributed by atoms with Gasteiger partial charge in [0, 0.05) is 0 Å². The van der Waals surface area contributed by atoms with Crippen LogP contribution in [-0.2, 0) is 23.7 Å². The highest BCUT2D eigenvalue weighted by molar-refractivity contribution is 5.79. The predicted molar refractivity (Wildman–Crippen MR) is 120 cm³/mol. The van der Waals surface area contributed by atoms with Gasteiger partial charge in [-0.2, -0.15) is 0 Å². The van der Waals surface area contributed by atoms with Crippen molar-refractivity contribution in [1.82, 2.24) is 0 Å². The molecule has 0 saturated heterocycles. The second-order valence-electron chi connectivity index (χ2n) is 9.82. The molecule has 2 aromatic carbocycles. The summed E-state index contributed by atoms with van der Waals surface area (Å²) in [5, 5.41) is 0. The standard InChI is InChI=1S/C27H34/c1-8-9-10-11-12-23-24-18-19-17-20(26(2,3)4)13-14-21(19)22(24)15-16-25(23)27(5,6)7/h8-11,13-17H,12,18H2,1-7H3. The van der Waals surface area contributed by atoms with Crippen LogP contribution in [0.2, 0.25) is 0 Å². The summed E-state index contributed by atoms with van der Waals surface area (Å²) in [5.41, 5.74) is 10.7. The molecule has 0 fully saturated rings. The van der Waals surface area contributed by atoms with Crippen LogP contribution >= 0.6 is 0 Å². The van der Waals surface area contributed by atoms with Crippen molar-refractivity contribution in [2.75, 3.05) is 0 Å². The second kappa shape index (κ2) is 7.15. The highest BCUT2D eigenvalue weighted by Gasteiger charge is 2.27. The van der Waals surface area contributed by atoms with Gasteiger partial charge < -0.3 is 0 Å². The molecule has 0 aliphatic heterocycles. The number of hydrogen-bond donors (Lipinski definition) is 0. The third-order valence-corrected chi connectivity index (χ3v) is 5.63. The summed E-state index contributed by atoms with van der Waals surface area (Å²) in [7, 11) is 0. The molecule has 142 valence electrons. The first-order valence-corrected chi connectivity index (χ1v) is 10.2. The van der Waals surface area contributed by atoms with E-state index in [1.54, 1.807) is 0 Å². The van der Waals surface area contributed by atoms with Gasteiger partial charge in [-0.3, -0.25) is 0 Å². The first-order valence-electron chi connectivity index (χ1n) is 10.2. The van der Waals surface area contributed by atoms with Crippen molar-refractivity contribution in [3.63, 3.8) is 0 Å². The third kappa shape index (κ3) is 3.95. The highest BCUT2D eigenvalue weighted by Crippen LogP contribution is 2.43. The minimum Gasteiger partial charge on any atom is -0.0877 e. The Balaban J connectivity index is 2.10. The minimum atomic E-state index is 0.157. The topological polar surface area (TPSA) is 0 Å². The zero-order chi connectivity index (χ0) is 19.8. The fourth-order valence-corrected chi connectivity index (χ4v) is 4.12. The van der Waals surface area contributed by atoms with E-state index in [0.717, 1.165) is 12.8 Å². The van der Waals surface area contributed by atoms with Crippen molar-refractivity contribution < 1.29 is 0 Å². The molecular formula is C27H34. The van der Waals surface area contributed by atoms with Crippen molar-refractivity contribution in [3.8, 4) is 11.1 Å². The van der Waals surface area contributed by atoms with Crippen molar-refractivity contribution in [2.24, 2.45) is 0 Å². The van der Waals surface area contributed by atoms with Gasteiger partial charge in [0.2, 0.25) is 0 Å². The summed E-state index contributed by atoms with van der Waals surface area (Å²) in [6.45, 7) is 15.9. The maximum Gasteiger partial charge on any atom is -0.00104 e. The molecule has 0 heteroatoms. The Labute approximate surface area is 166 Å². The number of fused-ring (bicyclic) bond motifs is 3. The zero-order valence-electron chi connectivity index (χ0n) is 18.1. The molecule has 0 heterocycles.